The van der Waals surface area contributed by atoms with E-state index in [0.29, 0.717) is 68.1 Å². The number of unbranched alkanes of at least 4 members (excludes halogenated alkanes) is 4. The van der Waals surface area contributed by atoms with E-state index in [4.69, 9.17) is 32.1 Å². The minimum absolute atomic E-state index is 0.0283. The number of nitrogens with two attached hydrogens (primary N) is 2. The molecule has 346 valence electrons. The number of carboxylic acids is 1. The van der Waals surface area contributed by atoms with Gasteiger partial charge in [0.15, 0.2) is 0 Å². The van der Waals surface area contributed by atoms with Gasteiger partial charge in [-0.2, -0.15) is 0 Å². The number of anilines is 2. The number of aliphatic carboxylic acids is 1. The molecular weight excluding hydrogens is 825 g/mol. The quantitative estimate of drug-likeness (QED) is 0.0114. The lowest BCUT2D eigenvalue weighted by Gasteiger charge is -2.15. The number of benzene rings is 3. The molecule has 0 radical (unpaired) electrons. The van der Waals surface area contributed by atoms with Gasteiger partial charge in [0.25, 0.3) is 0 Å². The van der Waals surface area contributed by atoms with Gasteiger partial charge in [0, 0.05) is 85.0 Å². The molecule has 0 amide bonds. The molecule has 0 bridgehead atoms. The lowest BCUT2D eigenvalue weighted by Crippen LogP contribution is -2.17. The molecule has 0 aliphatic heterocycles. The molecule has 2 aromatic heterocycles. The molecule has 65 heavy (non-hydrogen) atoms. The molecule has 5 aromatic rings. The van der Waals surface area contributed by atoms with Crippen molar-refractivity contribution in [1.29, 1.82) is 10.8 Å². The summed E-state index contributed by atoms with van der Waals surface area (Å²) in [6, 6.07) is 24.3. The molecule has 0 unspecified atom stereocenters. The fourth-order valence-electron chi connectivity index (χ4n) is 6.63. The van der Waals surface area contributed by atoms with Crippen molar-refractivity contribution < 1.29 is 29.6 Å². The molecule has 0 aliphatic rings. The number of carboxylic acid groups (broad SMARTS) is 1. The highest BCUT2D eigenvalue weighted by Gasteiger charge is 2.14. The van der Waals surface area contributed by atoms with Gasteiger partial charge < -0.3 is 52.8 Å². The molecule has 13 N–H and O–H groups in total. The number of aromatic nitrogens is 2. The maximum absolute atomic E-state index is 11.9. The Bertz CT molecular complexity index is 2290. The van der Waals surface area contributed by atoms with Crippen molar-refractivity contribution >= 4 is 35.0 Å². The van der Waals surface area contributed by atoms with Gasteiger partial charge in [-0.25, -0.2) is 0 Å². The lowest BCUT2D eigenvalue weighted by molar-refractivity contribution is -0.145. The number of esters is 1. The molecule has 16 nitrogen and oxygen atoms in total. The summed E-state index contributed by atoms with van der Waals surface area (Å²) in [4.78, 5) is 31.0. The third kappa shape index (κ3) is 17.9. The van der Waals surface area contributed by atoms with Crippen LogP contribution in [0.1, 0.15) is 102 Å². The van der Waals surface area contributed by atoms with Gasteiger partial charge in [-0.15, -0.1) is 0 Å². The summed E-state index contributed by atoms with van der Waals surface area (Å²) in [5.74, 6) is -0.476. The third-order valence-corrected chi connectivity index (χ3v) is 10.5. The molecular formula is C49H64N10O6. The van der Waals surface area contributed by atoms with E-state index in [0.717, 1.165) is 84.4 Å². The van der Waals surface area contributed by atoms with Crippen LogP contribution in [0.15, 0.2) is 91.3 Å². The number of aromatic hydroxyl groups is 2. The van der Waals surface area contributed by atoms with Gasteiger partial charge in [-0.1, -0.05) is 43.2 Å². The number of hydrogen-bond donors (Lipinski definition) is 11. The fraction of sp³-hybridized carbons (Fsp3) is 0.347. The number of pyridine rings is 2. The Labute approximate surface area is 381 Å². The van der Waals surface area contributed by atoms with Crippen LogP contribution in [0.5, 0.6) is 11.5 Å². The number of carbonyl (C=O) groups excluding carboxylic acids is 1. The van der Waals surface area contributed by atoms with E-state index >= 15 is 0 Å². The van der Waals surface area contributed by atoms with Crippen molar-refractivity contribution in [2.45, 2.75) is 98.0 Å². The number of carbonyl (C=O) groups is 2. The highest BCUT2D eigenvalue weighted by molar-refractivity contribution is 5.95. The maximum atomic E-state index is 11.9. The molecule has 0 atom stereocenters. The van der Waals surface area contributed by atoms with E-state index in [-0.39, 0.29) is 35.6 Å². The monoisotopic (exact) mass is 889 g/mol. The Morgan fingerprint density at radius 2 is 1.06 bits per heavy atom. The molecule has 0 saturated heterocycles. The second kappa shape index (κ2) is 27.2. The number of nitrogen functional groups attached to an aromatic ring is 2. The molecule has 0 aliphatic carbocycles. The Balaban J connectivity index is 0.000000292. The predicted octanol–water partition coefficient (Wildman–Crippen LogP) is 7.11. The summed E-state index contributed by atoms with van der Waals surface area (Å²) in [6.07, 6.45) is 9.19. The first-order valence-electron chi connectivity index (χ1n) is 21.8. The smallest absolute Gasteiger partial charge is 0.306 e. The summed E-state index contributed by atoms with van der Waals surface area (Å²) < 4.78 is 5.31. The molecule has 0 fully saturated rings. The zero-order chi connectivity index (χ0) is 47.0. The number of ether oxygens (including phenoxy) is 1. The molecule has 3 aromatic carbocycles. The summed E-state index contributed by atoms with van der Waals surface area (Å²) in [6.45, 7) is 7.42. The van der Waals surface area contributed by atoms with E-state index < -0.39 is 5.97 Å². The summed E-state index contributed by atoms with van der Waals surface area (Å²) >= 11 is 0. The predicted molar refractivity (Wildman–Crippen MR) is 255 cm³/mol. The van der Waals surface area contributed by atoms with Gasteiger partial charge in [0.05, 0.1) is 11.4 Å². The summed E-state index contributed by atoms with van der Waals surface area (Å²) in [7, 11) is 0. The topological polar surface area (TPSA) is 278 Å². The van der Waals surface area contributed by atoms with Crippen LogP contribution in [0.4, 0.5) is 11.4 Å². The number of hydrogen-bond acceptors (Lipinski definition) is 13. The SMILES string of the molecule is Cc1ncc(CNc2ccc(C(=N)N)cc2)c(CNCCCCCC(=O)O)c1O.Cc1ncc(CNc2ccc(C(=N)N)cc2)c(CNCCCCCC(=O)OCc2ccccc2)c1O. The van der Waals surface area contributed by atoms with Crippen molar-refractivity contribution in [2.24, 2.45) is 11.5 Å². The standard InChI is InChI=1S/C28H35N5O3.C21H29N5O3/c1-20-27(35)25(23(16-32-20)17-33-24-13-11-22(12-14-24)28(29)30)18-31-15-7-3-6-10-26(34)36-19-21-8-4-2-5-9-21;1-14-20(29)18(13-24-10-4-2-3-5-19(27)28)16(11-25-14)12-26-17-8-6-15(7-9-17)21(22)23/h2,4-5,8-9,11-14,16,31,33,35H,3,6-7,10,15,17-19H2,1H3,(H3,29,30);6-9,11,24,26,29H,2-5,10,12-13H2,1H3,(H3,22,23)(H,27,28). The Morgan fingerprint density at radius 1 is 0.615 bits per heavy atom. The normalized spacial score (nSPS) is 10.7. The first-order valence-corrected chi connectivity index (χ1v) is 21.8. The van der Waals surface area contributed by atoms with Gasteiger partial charge in [0.2, 0.25) is 0 Å². The highest BCUT2D eigenvalue weighted by atomic mass is 16.5. The minimum Gasteiger partial charge on any atom is -0.506 e. The van der Waals surface area contributed by atoms with Crippen LogP contribution in [0.3, 0.4) is 0 Å². The van der Waals surface area contributed by atoms with E-state index in [1.165, 1.54) is 0 Å². The largest absolute Gasteiger partial charge is 0.506 e. The number of nitrogens with zero attached hydrogens (tertiary/aromatic N) is 2. The lowest BCUT2D eigenvalue weighted by atomic mass is 10.1. The summed E-state index contributed by atoms with van der Waals surface area (Å²) in [5.41, 5.74) is 19.7. The van der Waals surface area contributed by atoms with E-state index in [9.17, 15) is 19.8 Å². The number of aryl methyl sites for hydroxylation is 2. The molecule has 0 saturated carbocycles. The van der Waals surface area contributed by atoms with Crippen LogP contribution in [-0.4, -0.2) is 62.0 Å². The zero-order valence-corrected chi connectivity index (χ0v) is 37.4. The average molecular weight is 889 g/mol. The average Bonchev–Trinajstić information content (AvgIpc) is 3.30. The van der Waals surface area contributed by atoms with Crippen LogP contribution in [0.2, 0.25) is 0 Å². The van der Waals surface area contributed by atoms with Crippen LogP contribution in [0.25, 0.3) is 0 Å². The fourth-order valence-corrected chi connectivity index (χ4v) is 6.63. The Morgan fingerprint density at radius 3 is 1.49 bits per heavy atom. The number of nitrogens with one attached hydrogen (secondary N) is 6. The highest BCUT2D eigenvalue weighted by Crippen LogP contribution is 2.26. The second-order valence-corrected chi connectivity index (χ2v) is 15.6. The van der Waals surface area contributed by atoms with E-state index in [2.05, 4.69) is 31.2 Å². The van der Waals surface area contributed by atoms with Gasteiger partial charge in [-0.05, 0) is 118 Å². The first-order chi connectivity index (χ1) is 31.3. The zero-order valence-electron chi connectivity index (χ0n) is 37.4. The number of rotatable bonds is 26. The summed E-state index contributed by atoms with van der Waals surface area (Å²) in [5, 5.41) is 57.9. The Kier molecular flexibility index (Phi) is 21.2. The van der Waals surface area contributed by atoms with Crippen molar-refractivity contribution in [2.75, 3.05) is 23.7 Å². The van der Waals surface area contributed by atoms with Crippen LogP contribution in [0, 0.1) is 24.7 Å². The maximum Gasteiger partial charge on any atom is 0.306 e. The van der Waals surface area contributed by atoms with Gasteiger partial charge in [-0.3, -0.25) is 30.4 Å². The van der Waals surface area contributed by atoms with E-state index in [1.807, 2.05) is 54.6 Å². The first kappa shape index (κ1) is 50.6. The van der Waals surface area contributed by atoms with E-state index in [1.54, 1.807) is 50.5 Å². The molecule has 2 heterocycles. The van der Waals surface area contributed by atoms with Crippen molar-refractivity contribution in [1.82, 2.24) is 20.6 Å². The van der Waals surface area contributed by atoms with Crippen molar-refractivity contribution in [3.05, 3.63) is 142 Å². The third-order valence-electron chi connectivity index (χ3n) is 10.5. The van der Waals surface area contributed by atoms with Crippen LogP contribution >= 0.6 is 0 Å². The number of amidine groups is 2. The van der Waals surface area contributed by atoms with Crippen LogP contribution in [-0.2, 0) is 47.1 Å². The molecule has 0 spiro atoms. The molecule has 16 heteroatoms. The van der Waals surface area contributed by atoms with Crippen LogP contribution < -0.4 is 32.7 Å². The minimum atomic E-state index is -0.761. The van der Waals surface area contributed by atoms with Crippen molar-refractivity contribution in [3.8, 4) is 11.5 Å². The van der Waals surface area contributed by atoms with Gasteiger partial charge >= 0.3 is 11.9 Å². The Hall–Kier alpha value is -7.04. The van der Waals surface area contributed by atoms with Gasteiger partial charge in [0.1, 0.15) is 29.8 Å². The second-order valence-electron chi connectivity index (χ2n) is 15.6. The van der Waals surface area contributed by atoms with Crippen molar-refractivity contribution in [3.63, 3.8) is 0 Å². The molecule has 5 rings (SSSR count).